The maximum atomic E-state index is 16.9. The fraction of sp³-hybridized carbons (Fsp3) is 0.500. The Morgan fingerprint density at radius 1 is 1.10 bits per heavy atom. The molecule has 0 spiro atoms. The van der Waals surface area contributed by atoms with Crippen LogP contribution in [-0.2, 0) is 22.7 Å². The minimum Gasteiger partial charge on any atom is -0.444 e. The third-order valence-corrected chi connectivity index (χ3v) is 11.1. The van der Waals surface area contributed by atoms with Crippen molar-refractivity contribution in [2.24, 2.45) is 11.8 Å². The van der Waals surface area contributed by atoms with E-state index in [0.717, 1.165) is 80.6 Å². The number of carbonyl (C=O) groups is 1. The van der Waals surface area contributed by atoms with Gasteiger partial charge in [0.15, 0.2) is 11.6 Å². The number of fused-ring (bicyclic) bond motifs is 5. The van der Waals surface area contributed by atoms with Crippen molar-refractivity contribution in [3.8, 4) is 17.3 Å². The molecule has 48 heavy (non-hydrogen) atoms. The first kappa shape index (κ1) is 31.3. The van der Waals surface area contributed by atoms with Gasteiger partial charge in [-0.1, -0.05) is 0 Å². The molecule has 0 aliphatic carbocycles. The van der Waals surface area contributed by atoms with Crippen LogP contribution in [0.5, 0.6) is 0 Å². The van der Waals surface area contributed by atoms with Gasteiger partial charge in [0.1, 0.15) is 22.2 Å². The predicted octanol–water partition coefficient (Wildman–Crippen LogP) is 5.51. The maximum Gasteiger partial charge on any atom is 0.412 e. The molecule has 4 aromatic rings. The number of nitrogens with zero attached hydrogens (tertiary/aromatic N) is 7. The van der Waals surface area contributed by atoms with Crippen molar-refractivity contribution >= 4 is 49.4 Å². The predicted molar refractivity (Wildman–Crippen MR) is 178 cm³/mol. The second-order valence-electron chi connectivity index (χ2n) is 14.4. The lowest BCUT2D eigenvalue weighted by atomic mass is 9.94. The standard InChI is InChI=1S/C34H36F2N8O3S/c1-34(2,3)47-33(45)41-31-20(7-37)26-29(38-9-24(35)30(26)48-31)25-23-16-46-15-22(23)21-8-39-32(40-28(21)27(25)36)43-6-5-19(14-43)44-12-17-10-42(4)11-18(17)13-44/h8-9,17-19H,5-6,10-16H2,1-4H3,(H,41,45)/t17-,18+,19-/m0/s1. The monoisotopic (exact) mass is 674 g/mol. The molecular weight excluding hydrogens is 638 g/mol. The van der Waals surface area contributed by atoms with E-state index in [1.165, 1.54) is 0 Å². The summed E-state index contributed by atoms with van der Waals surface area (Å²) in [5.41, 5.74) is 0.795. The molecular formula is C34H36F2N8O3S. The van der Waals surface area contributed by atoms with Crippen LogP contribution in [0.25, 0.3) is 32.2 Å². The quantitative estimate of drug-likeness (QED) is 0.297. The molecule has 250 valence electrons. The van der Waals surface area contributed by atoms with Crippen LogP contribution in [0.4, 0.5) is 24.5 Å². The molecule has 4 aliphatic rings. The number of thiophene rings is 1. The van der Waals surface area contributed by atoms with Gasteiger partial charge in [0.2, 0.25) is 5.95 Å². The van der Waals surface area contributed by atoms with Crippen molar-refractivity contribution in [3.63, 3.8) is 0 Å². The van der Waals surface area contributed by atoms with Gasteiger partial charge in [-0.2, -0.15) is 5.26 Å². The zero-order valence-electron chi connectivity index (χ0n) is 27.3. The Balaban J connectivity index is 1.18. The summed E-state index contributed by atoms with van der Waals surface area (Å²) in [6, 6.07) is 2.48. The second kappa shape index (κ2) is 11.5. The Morgan fingerprint density at radius 3 is 2.58 bits per heavy atom. The lowest BCUT2D eigenvalue weighted by molar-refractivity contribution is 0.0636. The number of benzene rings is 1. The van der Waals surface area contributed by atoms with Crippen LogP contribution in [0.15, 0.2) is 12.4 Å². The zero-order chi connectivity index (χ0) is 33.5. The molecule has 3 atom stereocenters. The highest BCUT2D eigenvalue weighted by Crippen LogP contribution is 2.46. The molecule has 14 heteroatoms. The van der Waals surface area contributed by atoms with Gasteiger partial charge in [-0.25, -0.2) is 23.5 Å². The number of hydrogen-bond donors (Lipinski definition) is 1. The molecule has 7 heterocycles. The Labute approximate surface area is 280 Å². The summed E-state index contributed by atoms with van der Waals surface area (Å²) >= 11 is 0.874. The Kier molecular flexibility index (Phi) is 7.52. The highest BCUT2D eigenvalue weighted by Gasteiger charge is 2.42. The number of likely N-dealkylation sites (tertiary alicyclic amines) is 2. The van der Waals surface area contributed by atoms with E-state index < -0.39 is 23.3 Å². The first-order chi connectivity index (χ1) is 23.0. The molecule has 4 aliphatic heterocycles. The molecule has 3 fully saturated rings. The normalized spacial score (nSPS) is 22.9. The Bertz CT molecular complexity index is 2010. The van der Waals surface area contributed by atoms with E-state index in [2.05, 4.69) is 38.1 Å². The molecule has 3 saturated heterocycles. The van der Waals surface area contributed by atoms with Crippen molar-refractivity contribution < 1.29 is 23.0 Å². The van der Waals surface area contributed by atoms with Crippen LogP contribution in [0, 0.1) is 34.8 Å². The van der Waals surface area contributed by atoms with Crippen molar-refractivity contribution in [2.75, 3.05) is 56.5 Å². The third kappa shape index (κ3) is 5.24. The van der Waals surface area contributed by atoms with E-state index in [0.29, 0.717) is 22.9 Å². The number of ether oxygens (including phenoxy) is 2. The van der Waals surface area contributed by atoms with Gasteiger partial charge in [-0.05, 0) is 57.2 Å². The van der Waals surface area contributed by atoms with Crippen molar-refractivity contribution in [1.82, 2.24) is 24.8 Å². The van der Waals surface area contributed by atoms with E-state index in [-0.39, 0.29) is 50.6 Å². The van der Waals surface area contributed by atoms with Crippen LogP contribution >= 0.6 is 11.3 Å². The number of hydrogen-bond acceptors (Lipinski definition) is 11. The summed E-state index contributed by atoms with van der Waals surface area (Å²) in [7, 11) is 2.20. The van der Waals surface area contributed by atoms with E-state index in [1.807, 2.05) is 0 Å². The summed E-state index contributed by atoms with van der Waals surface area (Å²) < 4.78 is 43.4. The van der Waals surface area contributed by atoms with Crippen LogP contribution in [0.2, 0.25) is 0 Å². The van der Waals surface area contributed by atoms with Crippen LogP contribution < -0.4 is 10.2 Å². The molecule has 0 unspecified atom stereocenters. The number of aromatic nitrogens is 3. The van der Waals surface area contributed by atoms with Crippen molar-refractivity contribution in [2.45, 2.75) is 52.0 Å². The summed E-state index contributed by atoms with van der Waals surface area (Å²) in [4.78, 5) is 33.6. The van der Waals surface area contributed by atoms with E-state index in [4.69, 9.17) is 19.4 Å². The minimum absolute atomic E-state index is 0.0285. The average Bonchev–Trinajstić information content (AvgIpc) is 3.85. The molecule has 8 rings (SSSR count). The Morgan fingerprint density at radius 2 is 1.85 bits per heavy atom. The number of pyridine rings is 1. The first-order valence-corrected chi connectivity index (χ1v) is 17.1. The lowest BCUT2D eigenvalue weighted by Crippen LogP contribution is -2.38. The van der Waals surface area contributed by atoms with Crippen molar-refractivity contribution in [1.29, 1.82) is 5.26 Å². The molecule has 3 aromatic heterocycles. The van der Waals surface area contributed by atoms with E-state index in [9.17, 15) is 10.1 Å². The first-order valence-electron chi connectivity index (χ1n) is 16.3. The highest BCUT2D eigenvalue weighted by atomic mass is 32.1. The zero-order valence-corrected chi connectivity index (χ0v) is 28.1. The number of rotatable bonds is 4. The Hall–Kier alpha value is -4.03. The van der Waals surface area contributed by atoms with Gasteiger partial charge in [0.05, 0.1) is 35.4 Å². The molecule has 1 amide bonds. The molecule has 11 nitrogen and oxygen atoms in total. The largest absolute Gasteiger partial charge is 0.444 e. The summed E-state index contributed by atoms with van der Waals surface area (Å²) in [5, 5.41) is 13.6. The second-order valence-corrected chi connectivity index (χ2v) is 15.4. The van der Waals surface area contributed by atoms with E-state index in [1.54, 1.807) is 27.0 Å². The van der Waals surface area contributed by atoms with Crippen LogP contribution in [0.1, 0.15) is 43.9 Å². The highest BCUT2D eigenvalue weighted by molar-refractivity contribution is 7.23. The molecule has 1 aromatic carbocycles. The van der Waals surface area contributed by atoms with Crippen LogP contribution in [-0.4, -0.2) is 88.8 Å². The van der Waals surface area contributed by atoms with Gasteiger partial charge in [0, 0.05) is 67.8 Å². The van der Waals surface area contributed by atoms with Gasteiger partial charge in [-0.15, -0.1) is 11.3 Å². The van der Waals surface area contributed by atoms with E-state index >= 15 is 8.78 Å². The molecule has 0 bridgehead atoms. The topological polar surface area (TPSA) is 120 Å². The van der Waals surface area contributed by atoms with Gasteiger partial charge in [-0.3, -0.25) is 15.2 Å². The molecule has 0 radical (unpaired) electrons. The smallest absolute Gasteiger partial charge is 0.412 e. The molecule has 1 N–H and O–H groups in total. The fourth-order valence-corrected chi connectivity index (χ4v) is 8.98. The number of carbonyl (C=O) groups excluding carboxylic acids is 1. The number of amides is 1. The van der Waals surface area contributed by atoms with Crippen LogP contribution in [0.3, 0.4) is 0 Å². The SMILES string of the molecule is CN1C[C@@H]2CN([C@H]3CCN(c4ncc5c6c(c(-c7ncc(F)c8sc(NC(=O)OC(C)(C)C)c(C#N)c78)c(F)c5n4)COC6)C3)C[C@@H]2C1. The summed E-state index contributed by atoms with van der Waals surface area (Å²) in [5.74, 6) is 0.574. The summed E-state index contributed by atoms with van der Waals surface area (Å²) in [6.45, 7) is 11.5. The lowest BCUT2D eigenvalue weighted by Gasteiger charge is -2.26. The van der Waals surface area contributed by atoms with Gasteiger partial charge >= 0.3 is 6.09 Å². The van der Waals surface area contributed by atoms with Gasteiger partial charge in [0.25, 0.3) is 0 Å². The average molecular weight is 675 g/mol. The number of nitriles is 1. The fourth-order valence-electron chi connectivity index (χ4n) is 7.94. The number of halogens is 2. The van der Waals surface area contributed by atoms with Crippen molar-refractivity contribution in [3.05, 3.63) is 40.7 Å². The number of nitrogens with one attached hydrogen (secondary N) is 1. The summed E-state index contributed by atoms with van der Waals surface area (Å²) in [6.07, 6.45) is 2.89. The maximum absolute atomic E-state index is 16.9. The molecule has 0 saturated carbocycles. The minimum atomic E-state index is -0.791. The third-order valence-electron chi connectivity index (χ3n) is 9.98. The number of anilines is 2. The van der Waals surface area contributed by atoms with Gasteiger partial charge < -0.3 is 19.3 Å².